The lowest BCUT2D eigenvalue weighted by Crippen LogP contribution is -2.24. The lowest BCUT2D eigenvalue weighted by atomic mass is 9.97. The lowest BCUT2D eigenvalue weighted by molar-refractivity contribution is -0.130. The van der Waals surface area contributed by atoms with Crippen LogP contribution in [0.3, 0.4) is 0 Å². The molecule has 136 valence electrons. The summed E-state index contributed by atoms with van der Waals surface area (Å²) in [4.78, 5) is 12.2. The largest absolute Gasteiger partial charge is 0.494 e. The van der Waals surface area contributed by atoms with Crippen molar-refractivity contribution >= 4 is 22.4 Å². The van der Waals surface area contributed by atoms with Gasteiger partial charge in [-0.25, -0.2) is 5.01 Å². The molecule has 1 aliphatic rings. The molecule has 0 bridgehead atoms. The first-order valence-electron chi connectivity index (χ1n) is 9.25. The number of hydrogen-bond acceptors (Lipinski definition) is 3. The Bertz CT molecular complexity index is 1010. The maximum atomic E-state index is 12.2. The summed E-state index contributed by atoms with van der Waals surface area (Å²) in [6, 6.07) is 22.5. The molecular formula is C23H22N2O2. The highest BCUT2D eigenvalue weighted by Gasteiger charge is 2.31. The van der Waals surface area contributed by atoms with E-state index < -0.39 is 0 Å². The van der Waals surface area contributed by atoms with Gasteiger partial charge in [-0.2, -0.15) is 5.10 Å². The zero-order valence-electron chi connectivity index (χ0n) is 15.6. The number of nitrogens with zero attached hydrogens (tertiary/aromatic N) is 2. The minimum absolute atomic E-state index is 0.0512. The van der Waals surface area contributed by atoms with Crippen molar-refractivity contribution in [2.75, 3.05) is 6.61 Å². The molecule has 0 aliphatic carbocycles. The normalized spacial score (nSPS) is 16.4. The molecule has 1 atom stereocenters. The van der Waals surface area contributed by atoms with E-state index in [9.17, 15) is 4.79 Å². The molecule has 1 amide bonds. The van der Waals surface area contributed by atoms with Crippen molar-refractivity contribution in [2.24, 2.45) is 5.10 Å². The highest BCUT2D eigenvalue weighted by Crippen LogP contribution is 2.34. The Kier molecular flexibility index (Phi) is 4.63. The Morgan fingerprint density at radius 3 is 2.52 bits per heavy atom. The van der Waals surface area contributed by atoms with E-state index in [4.69, 9.17) is 4.74 Å². The van der Waals surface area contributed by atoms with Gasteiger partial charge in [0.1, 0.15) is 5.75 Å². The number of rotatable bonds is 4. The van der Waals surface area contributed by atoms with Crippen molar-refractivity contribution < 1.29 is 9.53 Å². The summed E-state index contributed by atoms with van der Waals surface area (Å²) in [6.07, 6.45) is 0.700. The number of amides is 1. The van der Waals surface area contributed by atoms with E-state index in [1.165, 1.54) is 10.8 Å². The minimum Gasteiger partial charge on any atom is -0.494 e. The number of hydrogen-bond donors (Lipinski definition) is 0. The van der Waals surface area contributed by atoms with Crippen LogP contribution in [0.5, 0.6) is 5.75 Å². The SMILES string of the molecule is CCOc1ccc([C@@H]2CC(c3ccc4ccccc4c3)=NN2C(C)=O)cc1. The van der Waals surface area contributed by atoms with Gasteiger partial charge in [-0.15, -0.1) is 0 Å². The fraction of sp³-hybridized carbons (Fsp3) is 0.217. The predicted octanol–water partition coefficient (Wildman–Crippen LogP) is 4.94. The number of ether oxygens (including phenoxy) is 1. The first-order chi connectivity index (χ1) is 13.2. The molecule has 4 rings (SSSR count). The standard InChI is InChI=1S/C23H22N2O2/c1-3-27-21-12-10-18(11-13-21)23-15-22(24-25(23)16(2)26)20-9-8-17-6-4-5-7-19(17)14-20/h4-14,23H,3,15H2,1-2H3/t23-/m0/s1. The van der Waals surface area contributed by atoms with Crippen LogP contribution in [0.15, 0.2) is 71.8 Å². The van der Waals surface area contributed by atoms with Gasteiger partial charge in [-0.3, -0.25) is 4.79 Å². The molecule has 0 unspecified atom stereocenters. The second-order valence-corrected chi connectivity index (χ2v) is 6.69. The van der Waals surface area contributed by atoms with E-state index in [2.05, 4.69) is 35.4 Å². The fourth-order valence-corrected chi connectivity index (χ4v) is 3.56. The molecule has 4 heteroatoms. The van der Waals surface area contributed by atoms with E-state index in [0.717, 1.165) is 22.6 Å². The molecule has 3 aromatic carbocycles. The van der Waals surface area contributed by atoms with Gasteiger partial charge < -0.3 is 4.74 Å². The molecule has 1 heterocycles. The topological polar surface area (TPSA) is 41.9 Å². The van der Waals surface area contributed by atoms with Gasteiger partial charge in [0.2, 0.25) is 5.91 Å². The van der Waals surface area contributed by atoms with Crippen LogP contribution in [0.25, 0.3) is 10.8 Å². The second-order valence-electron chi connectivity index (χ2n) is 6.69. The molecule has 1 aliphatic heterocycles. The molecular weight excluding hydrogens is 336 g/mol. The average Bonchev–Trinajstić information content (AvgIpc) is 3.14. The summed E-state index contributed by atoms with van der Waals surface area (Å²) in [5.41, 5.74) is 3.07. The van der Waals surface area contributed by atoms with Crippen molar-refractivity contribution in [3.05, 3.63) is 77.9 Å². The Morgan fingerprint density at radius 2 is 1.81 bits per heavy atom. The Labute approximate surface area is 159 Å². The van der Waals surface area contributed by atoms with Crippen LogP contribution in [-0.2, 0) is 4.79 Å². The third kappa shape index (κ3) is 3.43. The minimum atomic E-state index is -0.0837. The zero-order chi connectivity index (χ0) is 18.8. The van der Waals surface area contributed by atoms with Gasteiger partial charge in [-0.1, -0.05) is 48.5 Å². The molecule has 0 saturated carbocycles. The van der Waals surface area contributed by atoms with Crippen LogP contribution in [0, 0.1) is 0 Å². The van der Waals surface area contributed by atoms with E-state index in [0.29, 0.717) is 13.0 Å². The fourth-order valence-electron chi connectivity index (χ4n) is 3.56. The quantitative estimate of drug-likeness (QED) is 0.663. The maximum absolute atomic E-state index is 12.2. The molecule has 0 aromatic heterocycles. The van der Waals surface area contributed by atoms with Gasteiger partial charge in [-0.05, 0) is 47.0 Å². The summed E-state index contributed by atoms with van der Waals surface area (Å²) in [5, 5.41) is 8.63. The molecule has 0 fully saturated rings. The zero-order valence-corrected chi connectivity index (χ0v) is 15.6. The maximum Gasteiger partial charge on any atom is 0.240 e. The van der Waals surface area contributed by atoms with E-state index in [-0.39, 0.29) is 11.9 Å². The molecule has 0 radical (unpaired) electrons. The van der Waals surface area contributed by atoms with Crippen LogP contribution in [0.4, 0.5) is 0 Å². The summed E-state index contributed by atoms with van der Waals surface area (Å²) >= 11 is 0. The highest BCUT2D eigenvalue weighted by atomic mass is 16.5. The van der Waals surface area contributed by atoms with Crippen LogP contribution >= 0.6 is 0 Å². The number of carbonyl (C=O) groups excluding carboxylic acids is 1. The third-order valence-corrected chi connectivity index (χ3v) is 4.89. The summed E-state index contributed by atoms with van der Waals surface area (Å²) in [5.74, 6) is 0.786. The third-order valence-electron chi connectivity index (χ3n) is 4.89. The summed E-state index contributed by atoms with van der Waals surface area (Å²) in [6.45, 7) is 4.16. The molecule has 4 nitrogen and oxygen atoms in total. The second kappa shape index (κ2) is 7.23. The number of hydrazone groups is 1. The molecule has 0 N–H and O–H groups in total. The Balaban J connectivity index is 1.65. The van der Waals surface area contributed by atoms with E-state index >= 15 is 0 Å². The van der Waals surface area contributed by atoms with Crippen LogP contribution < -0.4 is 4.74 Å². The lowest BCUT2D eigenvalue weighted by Gasteiger charge is -2.20. The van der Waals surface area contributed by atoms with Crippen molar-refractivity contribution in [3.63, 3.8) is 0 Å². The Morgan fingerprint density at radius 1 is 1.07 bits per heavy atom. The molecule has 0 spiro atoms. The van der Waals surface area contributed by atoms with Crippen molar-refractivity contribution in [1.29, 1.82) is 0 Å². The van der Waals surface area contributed by atoms with Gasteiger partial charge >= 0.3 is 0 Å². The summed E-state index contributed by atoms with van der Waals surface area (Å²) in [7, 11) is 0. The summed E-state index contributed by atoms with van der Waals surface area (Å²) < 4.78 is 5.52. The first-order valence-corrected chi connectivity index (χ1v) is 9.25. The first kappa shape index (κ1) is 17.3. The number of carbonyl (C=O) groups is 1. The number of fused-ring (bicyclic) bond motifs is 1. The van der Waals surface area contributed by atoms with Crippen molar-refractivity contribution in [3.8, 4) is 5.75 Å². The predicted molar refractivity (Wildman–Crippen MR) is 108 cm³/mol. The van der Waals surface area contributed by atoms with E-state index in [1.54, 1.807) is 11.9 Å². The highest BCUT2D eigenvalue weighted by molar-refractivity contribution is 6.05. The van der Waals surface area contributed by atoms with Crippen LogP contribution in [0.2, 0.25) is 0 Å². The number of benzene rings is 3. The van der Waals surface area contributed by atoms with Crippen molar-refractivity contribution in [2.45, 2.75) is 26.3 Å². The molecule has 27 heavy (non-hydrogen) atoms. The van der Waals surface area contributed by atoms with E-state index in [1.807, 2.05) is 43.3 Å². The Hall–Kier alpha value is -3.14. The van der Waals surface area contributed by atoms with Gasteiger partial charge in [0.05, 0.1) is 18.4 Å². The molecule has 3 aromatic rings. The van der Waals surface area contributed by atoms with Crippen molar-refractivity contribution in [1.82, 2.24) is 5.01 Å². The van der Waals surface area contributed by atoms with Gasteiger partial charge in [0, 0.05) is 13.3 Å². The molecule has 0 saturated heterocycles. The smallest absolute Gasteiger partial charge is 0.240 e. The van der Waals surface area contributed by atoms with Gasteiger partial charge in [0.15, 0.2) is 0 Å². The van der Waals surface area contributed by atoms with Gasteiger partial charge in [0.25, 0.3) is 0 Å². The van der Waals surface area contributed by atoms with Crippen LogP contribution in [0.1, 0.15) is 37.4 Å². The van der Waals surface area contributed by atoms with Crippen LogP contribution in [-0.4, -0.2) is 23.2 Å². The monoisotopic (exact) mass is 358 g/mol. The average molecular weight is 358 g/mol.